The molecule has 0 radical (unpaired) electrons. The van der Waals surface area contributed by atoms with Gasteiger partial charge < -0.3 is 10.1 Å². The van der Waals surface area contributed by atoms with Crippen LogP contribution in [0.2, 0.25) is 0 Å². The molecule has 1 saturated heterocycles. The zero-order chi connectivity index (χ0) is 30.1. The Bertz CT molecular complexity index is 1630. The molecule has 1 aliphatic heterocycles. The third kappa shape index (κ3) is 6.32. The largest absolute Gasteiger partial charge is 0.449 e. The number of thioether (sulfide) groups is 1. The molecular formula is C25H13F6N3O6S. The molecule has 3 aromatic rings. The number of nitrogens with zero attached hydrogens (tertiary/aromatic N) is 2. The van der Waals surface area contributed by atoms with Crippen LogP contribution < -0.4 is 10.1 Å². The van der Waals surface area contributed by atoms with Gasteiger partial charge in [0.15, 0.2) is 17.5 Å². The quantitative estimate of drug-likeness (QED) is 0.109. The van der Waals surface area contributed by atoms with Gasteiger partial charge in [0.2, 0.25) is 11.7 Å². The van der Waals surface area contributed by atoms with Crippen LogP contribution in [0.4, 0.5) is 42.5 Å². The molecular weight excluding hydrogens is 584 g/mol. The van der Waals surface area contributed by atoms with E-state index < -0.39 is 74.8 Å². The summed E-state index contributed by atoms with van der Waals surface area (Å²) in [5.41, 5.74) is -2.87. The zero-order valence-electron chi connectivity index (χ0n) is 20.0. The van der Waals surface area contributed by atoms with Gasteiger partial charge in [0.05, 0.1) is 21.1 Å². The number of hydrogen-bond acceptors (Lipinski definition) is 7. The number of hydrogen-bond donors (Lipinski definition) is 1. The number of halogens is 6. The van der Waals surface area contributed by atoms with Crippen LogP contribution in [-0.4, -0.2) is 33.4 Å². The molecule has 1 N–H and O–H groups in total. The van der Waals surface area contributed by atoms with E-state index in [1.807, 2.05) is 5.32 Å². The van der Waals surface area contributed by atoms with Crippen molar-refractivity contribution >= 4 is 46.3 Å². The minimum Gasteiger partial charge on any atom is -0.449 e. The van der Waals surface area contributed by atoms with Gasteiger partial charge >= 0.3 is 11.9 Å². The van der Waals surface area contributed by atoms with Crippen molar-refractivity contribution in [3.05, 3.63) is 98.2 Å². The first-order valence-electron chi connectivity index (χ1n) is 11.1. The first-order chi connectivity index (χ1) is 19.3. The van der Waals surface area contributed by atoms with Gasteiger partial charge in [0, 0.05) is 11.6 Å². The number of carbonyl (C=O) groups is 3. The molecule has 0 spiro atoms. The number of nitro groups is 1. The van der Waals surface area contributed by atoms with E-state index in [0.29, 0.717) is 34.9 Å². The number of alkyl halides is 3. The zero-order valence-corrected chi connectivity index (χ0v) is 20.8. The fourth-order valence-electron chi connectivity index (χ4n) is 3.47. The average Bonchev–Trinajstić information content (AvgIpc) is 3.16. The molecule has 1 heterocycles. The number of nitro benzene ring substituents is 1. The molecule has 0 bridgehead atoms. The lowest BCUT2D eigenvalue weighted by molar-refractivity contribution is -0.385. The van der Waals surface area contributed by atoms with Crippen LogP contribution in [0.1, 0.15) is 11.1 Å². The molecule has 1 aliphatic rings. The topological polar surface area (TPSA) is 119 Å². The molecule has 9 nitrogen and oxygen atoms in total. The Kier molecular flexibility index (Phi) is 8.05. The predicted molar refractivity (Wildman–Crippen MR) is 132 cm³/mol. The first kappa shape index (κ1) is 29.1. The number of imide groups is 1. The normalized spacial score (nSPS) is 14.5. The van der Waals surface area contributed by atoms with Gasteiger partial charge in [-0.2, -0.15) is 13.2 Å². The molecule has 16 heteroatoms. The molecule has 41 heavy (non-hydrogen) atoms. The van der Waals surface area contributed by atoms with Gasteiger partial charge in [-0.1, -0.05) is 18.2 Å². The number of anilines is 1. The molecule has 4 rings (SSSR count). The van der Waals surface area contributed by atoms with Crippen molar-refractivity contribution in [3.8, 4) is 11.5 Å². The monoisotopic (exact) mass is 597 g/mol. The Morgan fingerprint density at radius 1 is 1.02 bits per heavy atom. The summed E-state index contributed by atoms with van der Waals surface area (Å²) in [6, 6.07) is 8.59. The van der Waals surface area contributed by atoms with Crippen LogP contribution in [0.15, 0.2) is 59.5 Å². The number of carbonyl (C=O) groups excluding carboxylic acids is 3. The van der Waals surface area contributed by atoms with Crippen LogP contribution in [0.5, 0.6) is 11.5 Å². The van der Waals surface area contributed by atoms with E-state index >= 15 is 0 Å². The highest BCUT2D eigenvalue weighted by Crippen LogP contribution is 2.40. The summed E-state index contributed by atoms with van der Waals surface area (Å²) < 4.78 is 84.9. The molecule has 0 saturated carbocycles. The Hall–Kier alpha value is -4.86. The lowest BCUT2D eigenvalue weighted by Crippen LogP contribution is -2.36. The summed E-state index contributed by atoms with van der Waals surface area (Å²) in [5.74, 6) is -7.72. The lowest BCUT2D eigenvalue weighted by Gasteiger charge is -2.13. The van der Waals surface area contributed by atoms with Gasteiger partial charge in [0.1, 0.15) is 12.3 Å². The second kappa shape index (κ2) is 11.3. The summed E-state index contributed by atoms with van der Waals surface area (Å²) in [7, 11) is 0. The van der Waals surface area contributed by atoms with E-state index in [4.69, 9.17) is 4.74 Å². The van der Waals surface area contributed by atoms with Crippen molar-refractivity contribution in [3.63, 3.8) is 0 Å². The van der Waals surface area contributed by atoms with Gasteiger partial charge in [-0.3, -0.25) is 29.4 Å². The predicted octanol–water partition coefficient (Wildman–Crippen LogP) is 6.50. The Labute approximate surface area is 229 Å². The highest BCUT2D eigenvalue weighted by atomic mass is 32.2. The maximum Gasteiger partial charge on any atom is 0.416 e. The molecule has 3 amide bonds. The average molecular weight is 597 g/mol. The summed E-state index contributed by atoms with van der Waals surface area (Å²) >= 11 is 0.406. The van der Waals surface area contributed by atoms with Gasteiger partial charge in [-0.05, 0) is 48.2 Å². The standard InChI is InChI=1S/C25H13F6N3O6S/c26-14-6-7-15(22(28)21(14)27)32-20(35)11-33-23(36)19(41-24(33)37)9-12-3-1-2-4-17(12)40-18-8-5-13(25(29,30)31)10-16(18)34(38)39/h1-10H,11H2,(H,32,35)/b19-9+. The fourth-order valence-corrected chi connectivity index (χ4v) is 4.30. The maximum absolute atomic E-state index is 13.8. The van der Waals surface area contributed by atoms with Gasteiger partial charge in [-0.25, -0.2) is 13.2 Å². The second-order valence-electron chi connectivity index (χ2n) is 8.12. The number of ether oxygens (including phenoxy) is 1. The summed E-state index contributed by atoms with van der Waals surface area (Å²) in [6.45, 7) is -0.906. The summed E-state index contributed by atoms with van der Waals surface area (Å²) in [6.07, 6.45) is -3.69. The first-order valence-corrected chi connectivity index (χ1v) is 11.9. The number of para-hydroxylation sites is 1. The van der Waals surface area contributed by atoms with Crippen LogP contribution in [-0.2, 0) is 15.8 Å². The van der Waals surface area contributed by atoms with Gasteiger partial charge in [0.25, 0.3) is 11.1 Å². The number of rotatable bonds is 7. The van der Waals surface area contributed by atoms with E-state index in [-0.39, 0.29) is 16.2 Å². The highest BCUT2D eigenvalue weighted by molar-refractivity contribution is 8.18. The molecule has 3 aromatic carbocycles. The van der Waals surface area contributed by atoms with Crippen molar-refractivity contribution in [2.24, 2.45) is 0 Å². The Balaban J connectivity index is 1.55. The van der Waals surface area contributed by atoms with Crippen LogP contribution >= 0.6 is 11.8 Å². The Morgan fingerprint density at radius 3 is 2.41 bits per heavy atom. The van der Waals surface area contributed by atoms with E-state index in [1.54, 1.807) is 0 Å². The fraction of sp³-hybridized carbons (Fsp3) is 0.0800. The number of nitrogens with one attached hydrogen (secondary N) is 1. The molecule has 0 aliphatic carbocycles. The molecule has 0 unspecified atom stereocenters. The van der Waals surface area contributed by atoms with E-state index in [9.17, 15) is 50.8 Å². The van der Waals surface area contributed by atoms with Crippen molar-refractivity contribution in [2.45, 2.75) is 6.18 Å². The van der Waals surface area contributed by atoms with Crippen LogP contribution in [0.3, 0.4) is 0 Å². The summed E-state index contributed by atoms with van der Waals surface area (Å²) in [4.78, 5) is 48.1. The van der Waals surface area contributed by atoms with E-state index in [0.717, 1.165) is 18.2 Å². The SMILES string of the molecule is O=C(CN1C(=O)S/C(=C/c2ccccc2Oc2ccc(C(F)(F)F)cc2[N+](=O)[O-])C1=O)Nc1ccc(F)c(F)c1F. The smallest absolute Gasteiger partial charge is 0.416 e. The van der Waals surface area contributed by atoms with Crippen molar-refractivity contribution in [2.75, 3.05) is 11.9 Å². The lowest BCUT2D eigenvalue weighted by atomic mass is 10.1. The minimum absolute atomic E-state index is 0.0977. The van der Waals surface area contributed by atoms with Crippen LogP contribution in [0.25, 0.3) is 6.08 Å². The van der Waals surface area contributed by atoms with Crippen molar-refractivity contribution in [1.82, 2.24) is 4.90 Å². The van der Waals surface area contributed by atoms with Gasteiger partial charge in [-0.15, -0.1) is 0 Å². The number of benzene rings is 3. The second-order valence-corrected chi connectivity index (χ2v) is 9.11. The van der Waals surface area contributed by atoms with E-state index in [1.165, 1.54) is 24.3 Å². The molecule has 0 aromatic heterocycles. The highest BCUT2D eigenvalue weighted by Gasteiger charge is 2.37. The molecule has 1 fully saturated rings. The third-order valence-corrected chi connectivity index (χ3v) is 6.30. The Morgan fingerprint density at radius 2 is 1.73 bits per heavy atom. The third-order valence-electron chi connectivity index (χ3n) is 5.39. The minimum atomic E-state index is -4.84. The summed E-state index contributed by atoms with van der Waals surface area (Å²) in [5, 5.41) is 12.4. The van der Waals surface area contributed by atoms with Crippen LogP contribution in [0, 0.1) is 27.6 Å². The molecule has 212 valence electrons. The maximum atomic E-state index is 13.8. The molecule has 0 atom stereocenters. The number of amides is 3. The van der Waals surface area contributed by atoms with Crippen molar-refractivity contribution < 1.29 is 50.4 Å². The van der Waals surface area contributed by atoms with E-state index in [2.05, 4.69) is 0 Å². The van der Waals surface area contributed by atoms with Crippen molar-refractivity contribution in [1.29, 1.82) is 0 Å².